The predicted molar refractivity (Wildman–Crippen MR) is 32.9 cm³/mol. The van der Waals surface area contributed by atoms with E-state index in [4.69, 9.17) is 10.2 Å². The molecule has 0 spiro atoms. The second kappa shape index (κ2) is 4.67. The number of halogens is 1. The fourth-order valence-corrected chi connectivity index (χ4v) is 0.708. The van der Waals surface area contributed by atoms with Gasteiger partial charge in [-0.25, -0.2) is 4.57 Å². The molecule has 0 aliphatic carbocycles. The zero-order chi connectivity index (χ0) is 8.04. The number of hydrogen-bond donors (Lipinski definition) is 1. The first kappa shape index (κ1) is 9.89. The van der Waals surface area contributed by atoms with Crippen molar-refractivity contribution in [2.24, 2.45) is 0 Å². The number of phosphoric acid groups is 1. The highest BCUT2D eigenvalue weighted by molar-refractivity contribution is 7.48. The maximum atomic E-state index is 10.3. The quantitative estimate of drug-likeness (QED) is 0.526. The molecule has 1 N–H and O–H groups in total. The van der Waals surface area contributed by atoms with Crippen molar-refractivity contribution in [1.29, 1.82) is 5.26 Å². The summed E-state index contributed by atoms with van der Waals surface area (Å²) in [6, 6.07) is 1.71. The summed E-state index contributed by atoms with van der Waals surface area (Å²) in [5, 5.41) is 7.96. The lowest BCUT2D eigenvalue weighted by atomic mass is 10.5. The Labute approximate surface area is 62.9 Å². The van der Waals surface area contributed by atoms with Gasteiger partial charge in [0.05, 0.1) is 31.0 Å². The molecule has 0 bridgehead atoms. The minimum Gasteiger partial charge on any atom is -0.302 e. The van der Waals surface area contributed by atoms with Crippen LogP contribution in [0.15, 0.2) is 0 Å². The summed E-state index contributed by atoms with van der Waals surface area (Å²) in [6.07, 6.45) is 0.0186. The van der Waals surface area contributed by atoms with Gasteiger partial charge in [0.25, 0.3) is 0 Å². The van der Waals surface area contributed by atoms with Crippen LogP contribution in [-0.4, -0.2) is 11.5 Å². The summed E-state index contributed by atoms with van der Waals surface area (Å²) in [6.45, 7) is -0.170. The topological polar surface area (TPSA) is 79.5 Å². The first-order valence-electron chi connectivity index (χ1n) is 2.27. The lowest BCUT2D eigenvalue weighted by Gasteiger charge is -2.03. The highest BCUT2D eigenvalue weighted by Crippen LogP contribution is 2.44. The fourth-order valence-electron chi connectivity index (χ4n) is 0.227. The maximum Gasteiger partial charge on any atom is 0.488 e. The van der Waals surface area contributed by atoms with Crippen LogP contribution in [0.4, 0.5) is 0 Å². The Morgan fingerprint density at radius 2 is 2.40 bits per heavy atom. The molecule has 0 aromatic rings. The average molecular weight is 186 g/mol. The molecular weight excluding hydrogens is 180 g/mol. The van der Waals surface area contributed by atoms with E-state index in [1.54, 1.807) is 6.07 Å². The first-order chi connectivity index (χ1) is 4.62. The summed E-state index contributed by atoms with van der Waals surface area (Å²) < 4.78 is 18.0. The predicted octanol–water partition coefficient (Wildman–Crippen LogP) is 1.19. The van der Waals surface area contributed by atoms with Gasteiger partial charge in [-0.15, -0.1) is 0 Å². The first-order valence-corrected chi connectivity index (χ1v) is 4.07. The van der Waals surface area contributed by atoms with Gasteiger partial charge in [-0.2, -0.15) is 9.34 Å². The van der Waals surface area contributed by atoms with E-state index >= 15 is 0 Å². The van der Waals surface area contributed by atoms with Crippen molar-refractivity contribution in [1.82, 2.24) is 0 Å². The molecule has 0 aromatic heterocycles. The van der Waals surface area contributed by atoms with Gasteiger partial charge in [0.15, 0.2) is 0 Å². The van der Waals surface area contributed by atoms with E-state index in [0.717, 1.165) is 0 Å². The van der Waals surface area contributed by atoms with Gasteiger partial charge in [0.2, 0.25) is 0 Å². The lowest BCUT2D eigenvalue weighted by molar-refractivity contribution is 0.212. The Kier molecular flexibility index (Phi) is 4.62. The second-order valence-corrected chi connectivity index (χ2v) is 3.03. The molecule has 1 atom stereocenters. The fraction of sp³-hybridized carbons (Fsp3) is 0.667. The number of nitrogens with zero attached hydrogens (tertiary/aromatic N) is 1. The van der Waals surface area contributed by atoms with Crippen LogP contribution in [0.1, 0.15) is 6.42 Å². The van der Waals surface area contributed by atoms with Gasteiger partial charge in [0, 0.05) is 0 Å². The van der Waals surface area contributed by atoms with E-state index in [1.165, 1.54) is 0 Å². The summed E-state index contributed by atoms with van der Waals surface area (Å²) in [7, 11) is -4.09. The molecule has 0 aromatic carbocycles. The van der Waals surface area contributed by atoms with Gasteiger partial charge in [-0.3, -0.25) is 4.52 Å². The van der Waals surface area contributed by atoms with Gasteiger partial charge < -0.3 is 4.89 Å². The zero-order valence-corrected chi connectivity index (χ0v) is 6.51. The molecule has 0 radical (unpaired) electrons. The van der Waals surface area contributed by atoms with Crippen molar-refractivity contribution in [2.45, 2.75) is 6.42 Å². The van der Waals surface area contributed by atoms with Crippen LogP contribution in [0.25, 0.3) is 0 Å². The summed E-state index contributed by atoms with van der Waals surface area (Å²) in [5.74, 6) is 0. The van der Waals surface area contributed by atoms with Gasteiger partial charge in [0.1, 0.15) is 0 Å². The highest BCUT2D eigenvalue weighted by Gasteiger charge is 2.19. The molecule has 0 aliphatic heterocycles. The van der Waals surface area contributed by atoms with Crippen molar-refractivity contribution in [3.05, 3.63) is 0 Å². The SMILES string of the molecule is N#CCCOP(=O)(O)OCl. The van der Waals surface area contributed by atoms with E-state index in [2.05, 4.69) is 20.5 Å². The van der Waals surface area contributed by atoms with E-state index in [1.807, 2.05) is 0 Å². The number of nitriles is 1. The Hall–Kier alpha value is -0.110. The van der Waals surface area contributed by atoms with Gasteiger partial charge in [-0.1, -0.05) is 0 Å². The monoisotopic (exact) mass is 185 g/mol. The molecule has 7 heteroatoms. The molecule has 0 aliphatic rings. The largest absolute Gasteiger partial charge is 0.488 e. The Balaban J connectivity index is 3.50. The molecule has 0 saturated heterocycles. The Bertz CT molecular complexity index is 178. The van der Waals surface area contributed by atoms with Crippen molar-refractivity contribution in [2.75, 3.05) is 6.61 Å². The van der Waals surface area contributed by atoms with Crippen LogP contribution in [0.3, 0.4) is 0 Å². The third kappa shape index (κ3) is 4.74. The lowest BCUT2D eigenvalue weighted by Crippen LogP contribution is -1.90. The van der Waals surface area contributed by atoms with Crippen molar-refractivity contribution < 1.29 is 18.1 Å². The summed E-state index contributed by atoms with van der Waals surface area (Å²) >= 11 is 4.55. The van der Waals surface area contributed by atoms with Crippen LogP contribution in [0.2, 0.25) is 0 Å². The molecule has 10 heavy (non-hydrogen) atoms. The van der Waals surface area contributed by atoms with Crippen LogP contribution in [0.5, 0.6) is 0 Å². The minimum absolute atomic E-state index is 0.0186. The van der Waals surface area contributed by atoms with Crippen LogP contribution in [-0.2, 0) is 13.2 Å². The standard InChI is InChI=1S/C3H5ClNO4P/c4-9-10(6,7)8-3-1-2-5/h1,3H2,(H,6,7). The smallest absolute Gasteiger partial charge is 0.302 e. The van der Waals surface area contributed by atoms with E-state index in [-0.39, 0.29) is 13.0 Å². The van der Waals surface area contributed by atoms with Crippen molar-refractivity contribution in [3.8, 4) is 6.07 Å². The van der Waals surface area contributed by atoms with Gasteiger partial charge >= 0.3 is 7.82 Å². The van der Waals surface area contributed by atoms with Gasteiger partial charge in [-0.05, 0) is 0 Å². The number of phosphoric ester groups is 1. The van der Waals surface area contributed by atoms with E-state index in [9.17, 15) is 4.57 Å². The molecule has 5 nitrogen and oxygen atoms in total. The summed E-state index contributed by atoms with van der Waals surface area (Å²) in [5.41, 5.74) is 0. The zero-order valence-electron chi connectivity index (χ0n) is 4.86. The maximum absolute atomic E-state index is 10.3. The van der Waals surface area contributed by atoms with E-state index in [0.29, 0.717) is 0 Å². The molecule has 0 fully saturated rings. The van der Waals surface area contributed by atoms with Crippen LogP contribution in [0, 0.1) is 11.3 Å². The van der Waals surface area contributed by atoms with Crippen LogP contribution < -0.4 is 0 Å². The Morgan fingerprint density at radius 1 is 1.80 bits per heavy atom. The van der Waals surface area contributed by atoms with E-state index < -0.39 is 7.82 Å². The molecule has 0 amide bonds. The third-order valence-electron chi connectivity index (χ3n) is 0.556. The Morgan fingerprint density at radius 3 is 2.80 bits per heavy atom. The number of rotatable bonds is 4. The molecule has 0 saturated carbocycles. The van der Waals surface area contributed by atoms with Crippen molar-refractivity contribution in [3.63, 3.8) is 0 Å². The molecule has 0 rings (SSSR count). The second-order valence-electron chi connectivity index (χ2n) is 1.28. The van der Waals surface area contributed by atoms with Crippen LogP contribution >= 0.6 is 19.7 Å². The normalized spacial score (nSPS) is 15.7. The number of hydrogen-bond acceptors (Lipinski definition) is 4. The summed E-state index contributed by atoms with van der Waals surface area (Å²) in [4.78, 5) is 8.42. The molecule has 1 unspecified atom stereocenters. The molecular formula is C3H5ClNO4P. The third-order valence-corrected chi connectivity index (χ3v) is 1.76. The highest BCUT2D eigenvalue weighted by atomic mass is 35.5. The molecule has 58 valence electrons. The minimum atomic E-state index is -4.09. The molecule has 0 heterocycles. The van der Waals surface area contributed by atoms with Crippen molar-refractivity contribution >= 4 is 19.7 Å². The average Bonchev–Trinajstić information content (AvgIpc) is 1.89.